The van der Waals surface area contributed by atoms with Crippen molar-refractivity contribution in [1.29, 1.82) is 0 Å². The minimum Gasteiger partial charge on any atom is -0.396 e. The molecule has 44 heavy (non-hydrogen) atoms. The maximum absolute atomic E-state index is 13.2. The third-order valence-electron chi connectivity index (χ3n) is 11.9. The largest absolute Gasteiger partial charge is 0.396 e. The van der Waals surface area contributed by atoms with Crippen LogP contribution in [0, 0.1) is 29.1 Å². The summed E-state index contributed by atoms with van der Waals surface area (Å²) in [5.74, 6) is 1.10. The quantitative estimate of drug-likeness (QED) is 0.272. The van der Waals surface area contributed by atoms with Gasteiger partial charge >= 0.3 is 0 Å². The van der Waals surface area contributed by atoms with Gasteiger partial charge in [-0.1, -0.05) is 68.5 Å². The minimum absolute atomic E-state index is 0.0542. The highest BCUT2D eigenvalue weighted by molar-refractivity contribution is 5.87. The van der Waals surface area contributed by atoms with Crippen LogP contribution in [0.3, 0.4) is 0 Å². The van der Waals surface area contributed by atoms with E-state index in [-0.39, 0.29) is 29.9 Å². The van der Waals surface area contributed by atoms with Crippen molar-refractivity contribution in [3.8, 4) is 0 Å². The standard InChI is InChI=1S/C38H55NO5/c1-25(22-30-24-38(4,44)36(43)39(30)20-18-27-10-6-5-7-11-27)32-16-17-33-28(12-8-19-37(32,33)3)14-15-29-23-34(41)31(13-9-21-40)35(42)26(29)2/h5-7,10-11,14-15,25,30-35,40-42,44H,2,8-9,12-13,16-24H2,1,3-4H3/b28-14+,29-15-/t25-,30?,31+,32-,33+,34-,35-,37-,38?/m1/s1. The van der Waals surface area contributed by atoms with Gasteiger partial charge in [0.25, 0.3) is 5.91 Å². The van der Waals surface area contributed by atoms with Crippen LogP contribution in [-0.2, 0) is 11.2 Å². The molecule has 5 rings (SSSR count). The van der Waals surface area contributed by atoms with Crippen LogP contribution in [0.4, 0.5) is 0 Å². The second-order valence-corrected chi connectivity index (χ2v) is 14.9. The van der Waals surface area contributed by atoms with Gasteiger partial charge in [0.1, 0.15) is 5.60 Å². The van der Waals surface area contributed by atoms with Crippen molar-refractivity contribution in [2.24, 2.45) is 29.1 Å². The second kappa shape index (κ2) is 13.6. The molecule has 4 N–H and O–H groups in total. The van der Waals surface area contributed by atoms with E-state index in [1.807, 2.05) is 23.1 Å². The average Bonchev–Trinajstić information content (AvgIpc) is 3.46. The van der Waals surface area contributed by atoms with Gasteiger partial charge in [-0.05, 0) is 111 Å². The summed E-state index contributed by atoms with van der Waals surface area (Å²) >= 11 is 0. The van der Waals surface area contributed by atoms with E-state index in [0.717, 1.165) is 37.7 Å². The number of rotatable bonds is 10. The van der Waals surface area contributed by atoms with E-state index < -0.39 is 17.8 Å². The molecule has 1 aromatic carbocycles. The zero-order valence-electron chi connectivity index (χ0n) is 27.1. The van der Waals surface area contributed by atoms with Crippen LogP contribution < -0.4 is 0 Å². The van der Waals surface area contributed by atoms with E-state index in [4.69, 9.17) is 0 Å². The Morgan fingerprint density at radius 2 is 1.89 bits per heavy atom. The fourth-order valence-electron chi connectivity index (χ4n) is 9.55. The van der Waals surface area contributed by atoms with Crippen LogP contribution in [0.1, 0.15) is 90.5 Å². The zero-order chi connectivity index (χ0) is 31.6. The Balaban J connectivity index is 1.27. The molecule has 4 fully saturated rings. The second-order valence-electron chi connectivity index (χ2n) is 14.9. The van der Waals surface area contributed by atoms with Gasteiger partial charge in [-0.15, -0.1) is 0 Å². The molecule has 1 aliphatic heterocycles. The molecule has 9 atom stereocenters. The molecule has 6 heteroatoms. The maximum Gasteiger partial charge on any atom is 0.254 e. The highest BCUT2D eigenvalue weighted by Gasteiger charge is 2.53. The van der Waals surface area contributed by atoms with E-state index in [1.165, 1.54) is 24.0 Å². The zero-order valence-corrected chi connectivity index (χ0v) is 27.1. The van der Waals surface area contributed by atoms with E-state index >= 15 is 0 Å². The molecule has 0 bridgehead atoms. The summed E-state index contributed by atoms with van der Waals surface area (Å²) in [7, 11) is 0. The molecule has 1 aromatic rings. The van der Waals surface area contributed by atoms with Crippen LogP contribution in [0.2, 0.25) is 0 Å². The molecule has 3 saturated carbocycles. The summed E-state index contributed by atoms with van der Waals surface area (Å²) in [6.45, 7) is 11.4. The van der Waals surface area contributed by atoms with Gasteiger partial charge in [0.05, 0.1) is 12.2 Å². The topological polar surface area (TPSA) is 101 Å². The number of benzene rings is 1. The van der Waals surface area contributed by atoms with Crippen molar-refractivity contribution in [2.75, 3.05) is 13.2 Å². The summed E-state index contributed by atoms with van der Waals surface area (Å²) in [6.07, 6.45) is 12.6. The van der Waals surface area contributed by atoms with Crippen LogP contribution >= 0.6 is 0 Å². The average molecular weight is 606 g/mol. The summed E-state index contributed by atoms with van der Waals surface area (Å²) in [4.78, 5) is 15.2. The molecule has 1 amide bonds. The number of allylic oxidation sites excluding steroid dienone is 3. The first-order valence-electron chi connectivity index (χ1n) is 17.1. The van der Waals surface area contributed by atoms with Crippen molar-refractivity contribution >= 4 is 5.91 Å². The Morgan fingerprint density at radius 1 is 1.14 bits per heavy atom. The van der Waals surface area contributed by atoms with Crippen LogP contribution in [0.15, 0.2) is 65.8 Å². The number of hydrogen-bond donors (Lipinski definition) is 4. The van der Waals surface area contributed by atoms with E-state index in [2.05, 4.69) is 44.7 Å². The Kier molecular flexibility index (Phi) is 10.3. The molecule has 2 unspecified atom stereocenters. The number of carbonyl (C=O) groups excluding carboxylic acids is 1. The SMILES string of the molecule is C=C1/C(=C\C=C2/CCC[C@]3(C)[C@@H]([C@H](C)CC4CC(C)(O)C(=O)N4CCc4ccccc4)CC[C@@H]23)C[C@@H](O)[C@H](CCCO)[C@@H]1O. The molecular weight excluding hydrogens is 550 g/mol. The predicted octanol–water partition coefficient (Wildman–Crippen LogP) is 5.75. The molecule has 1 saturated heterocycles. The molecule has 242 valence electrons. The monoisotopic (exact) mass is 605 g/mol. The normalized spacial score (nSPS) is 38.5. The highest BCUT2D eigenvalue weighted by Crippen LogP contribution is 2.60. The molecular formula is C38H55NO5. The fourth-order valence-corrected chi connectivity index (χ4v) is 9.55. The first kappa shape index (κ1) is 33.1. The highest BCUT2D eigenvalue weighted by atomic mass is 16.3. The van der Waals surface area contributed by atoms with Crippen molar-refractivity contribution in [1.82, 2.24) is 4.90 Å². The Morgan fingerprint density at radius 3 is 2.61 bits per heavy atom. The molecule has 0 radical (unpaired) electrons. The van der Waals surface area contributed by atoms with Gasteiger partial charge in [0, 0.05) is 31.5 Å². The fraction of sp³-hybridized carbons (Fsp3) is 0.658. The smallest absolute Gasteiger partial charge is 0.254 e. The third-order valence-corrected chi connectivity index (χ3v) is 11.9. The van der Waals surface area contributed by atoms with Crippen molar-refractivity contribution in [3.05, 3.63) is 71.3 Å². The summed E-state index contributed by atoms with van der Waals surface area (Å²) in [6, 6.07) is 10.3. The molecule has 4 aliphatic rings. The first-order valence-corrected chi connectivity index (χ1v) is 17.1. The number of nitrogens with zero attached hydrogens (tertiary/aromatic N) is 1. The molecule has 1 heterocycles. The first-order chi connectivity index (χ1) is 21.0. The van der Waals surface area contributed by atoms with E-state index in [9.17, 15) is 25.2 Å². The van der Waals surface area contributed by atoms with Gasteiger partial charge in [-0.3, -0.25) is 4.79 Å². The number of hydrogen-bond acceptors (Lipinski definition) is 5. The van der Waals surface area contributed by atoms with Gasteiger partial charge in [-0.25, -0.2) is 0 Å². The lowest BCUT2D eigenvalue weighted by molar-refractivity contribution is -0.142. The van der Waals surface area contributed by atoms with Crippen molar-refractivity contribution < 1.29 is 25.2 Å². The lowest BCUT2D eigenvalue weighted by Crippen LogP contribution is -2.41. The van der Waals surface area contributed by atoms with Crippen LogP contribution in [0.25, 0.3) is 0 Å². The summed E-state index contributed by atoms with van der Waals surface area (Å²) < 4.78 is 0. The number of likely N-dealkylation sites (tertiary alicyclic amines) is 1. The summed E-state index contributed by atoms with van der Waals surface area (Å²) in [5.41, 5.74) is 3.22. The Bertz CT molecular complexity index is 1240. The van der Waals surface area contributed by atoms with Gasteiger partial charge in [0.2, 0.25) is 0 Å². The Hall–Kier alpha value is -2.25. The van der Waals surface area contributed by atoms with Crippen molar-refractivity contribution in [3.63, 3.8) is 0 Å². The van der Waals surface area contributed by atoms with E-state index in [1.54, 1.807) is 6.92 Å². The number of fused-ring (bicyclic) bond motifs is 1. The van der Waals surface area contributed by atoms with Gasteiger partial charge in [-0.2, -0.15) is 0 Å². The maximum atomic E-state index is 13.2. The van der Waals surface area contributed by atoms with Gasteiger partial charge < -0.3 is 25.3 Å². The molecule has 0 spiro atoms. The lowest BCUT2D eigenvalue weighted by atomic mass is 9.60. The van der Waals surface area contributed by atoms with Crippen LogP contribution in [0.5, 0.6) is 0 Å². The summed E-state index contributed by atoms with van der Waals surface area (Å²) in [5, 5.41) is 41.8. The van der Waals surface area contributed by atoms with E-state index in [0.29, 0.717) is 55.6 Å². The minimum atomic E-state index is -1.29. The van der Waals surface area contributed by atoms with Crippen LogP contribution in [-0.4, -0.2) is 68.2 Å². The number of carbonyl (C=O) groups is 1. The number of aliphatic hydroxyl groups excluding tert-OH is 3. The number of aliphatic hydroxyl groups is 4. The number of amides is 1. The molecule has 3 aliphatic carbocycles. The molecule has 6 nitrogen and oxygen atoms in total. The van der Waals surface area contributed by atoms with Crippen molar-refractivity contribution in [2.45, 2.75) is 115 Å². The predicted molar refractivity (Wildman–Crippen MR) is 175 cm³/mol. The molecule has 0 aromatic heterocycles. The lowest BCUT2D eigenvalue weighted by Gasteiger charge is -2.45. The van der Waals surface area contributed by atoms with Gasteiger partial charge in [0.15, 0.2) is 0 Å². The third kappa shape index (κ3) is 6.65. The Labute approximate surface area is 264 Å².